The molecule has 0 unspecified atom stereocenters. The van der Waals surface area contributed by atoms with Gasteiger partial charge in [0.2, 0.25) is 0 Å². The highest BCUT2D eigenvalue weighted by Crippen LogP contribution is 2.19. The molecule has 0 N–H and O–H groups in total. The van der Waals surface area contributed by atoms with Crippen LogP contribution in [-0.2, 0) is 0 Å². The molecule has 0 heterocycles. The molecule has 0 fully saturated rings. The van der Waals surface area contributed by atoms with Crippen molar-refractivity contribution in [3.63, 3.8) is 0 Å². The van der Waals surface area contributed by atoms with Gasteiger partial charge < -0.3 is 4.90 Å². The molecular weight excluding hydrogens is 289 g/mol. The highest BCUT2D eigenvalue weighted by atomic mass is 79.9. The number of alkyl halides is 1. The van der Waals surface area contributed by atoms with Gasteiger partial charge in [0.15, 0.2) is 0 Å². The zero-order valence-corrected chi connectivity index (χ0v) is 11.8. The minimum atomic E-state index is -0.00745. The highest BCUT2D eigenvalue weighted by molar-refractivity contribution is 9.09. The maximum Gasteiger partial charge on any atom is 0.255 e. The van der Waals surface area contributed by atoms with Crippen LogP contribution in [0.5, 0.6) is 0 Å². The minimum absolute atomic E-state index is 0.00745. The third-order valence-corrected chi connectivity index (χ3v) is 3.05. The number of hydrogen-bond donors (Lipinski definition) is 0. The summed E-state index contributed by atoms with van der Waals surface area (Å²) in [5, 5.41) is 1.30. The molecule has 0 aliphatic rings. The van der Waals surface area contributed by atoms with Crippen molar-refractivity contribution in [3.8, 4) is 0 Å². The van der Waals surface area contributed by atoms with E-state index >= 15 is 0 Å². The van der Waals surface area contributed by atoms with Crippen LogP contribution in [0, 0.1) is 6.92 Å². The van der Waals surface area contributed by atoms with Crippen LogP contribution in [0.2, 0.25) is 5.02 Å². The summed E-state index contributed by atoms with van der Waals surface area (Å²) in [6.45, 7) is 5.30. The molecule has 1 rings (SSSR count). The first-order valence-corrected chi connectivity index (χ1v) is 6.71. The maximum atomic E-state index is 12.1. The van der Waals surface area contributed by atoms with E-state index in [-0.39, 0.29) is 5.91 Å². The normalized spacial score (nSPS) is 10.2. The smallest absolute Gasteiger partial charge is 0.255 e. The van der Waals surface area contributed by atoms with Gasteiger partial charge in [-0.15, -0.1) is 0 Å². The minimum Gasteiger partial charge on any atom is -0.338 e. The Balaban J connectivity index is 2.94. The number of halogens is 2. The van der Waals surface area contributed by atoms with E-state index in [0.717, 1.165) is 10.9 Å². The lowest BCUT2D eigenvalue weighted by Gasteiger charge is -2.20. The van der Waals surface area contributed by atoms with Crippen molar-refractivity contribution in [1.82, 2.24) is 4.90 Å². The van der Waals surface area contributed by atoms with E-state index in [9.17, 15) is 4.79 Å². The summed E-state index contributed by atoms with van der Waals surface area (Å²) in [6, 6.07) is 5.51. The van der Waals surface area contributed by atoms with Gasteiger partial charge in [0.25, 0.3) is 5.91 Å². The molecule has 0 spiro atoms. The van der Waals surface area contributed by atoms with Crippen molar-refractivity contribution >= 4 is 33.4 Å². The van der Waals surface area contributed by atoms with Gasteiger partial charge in [0.1, 0.15) is 0 Å². The van der Waals surface area contributed by atoms with E-state index in [0.29, 0.717) is 23.7 Å². The average Bonchev–Trinajstić information content (AvgIpc) is 2.25. The van der Waals surface area contributed by atoms with Gasteiger partial charge in [0.05, 0.1) is 10.6 Å². The first kappa shape index (κ1) is 13.5. The number of carbonyl (C=O) groups is 1. The highest BCUT2D eigenvalue weighted by Gasteiger charge is 2.16. The largest absolute Gasteiger partial charge is 0.338 e. The number of hydrogen-bond acceptors (Lipinski definition) is 1. The molecule has 0 aliphatic carbocycles. The molecule has 88 valence electrons. The third kappa shape index (κ3) is 3.22. The molecule has 16 heavy (non-hydrogen) atoms. The molecule has 0 saturated carbocycles. The Morgan fingerprint density at radius 3 is 2.69 bits per heavy atom. The molecule has 1 aromatic carbocycles. The number of amides is 1. The number of nitrogens with zero attached hydrogens (tertiary/aromatic N) is 1. The molecule has 2 nitrogen and oxygen atoms in total. The molecule has 4 heteroatoms. The Morgan fingerprint density at radius 1 is 1.50 bits per heavy atom. The van der Waals surface area contributed by atoms with Crippen molar-refractivity contribution in [2.45, 2.75) is 13.8 Å². The Kier molecular flexibility index (Phi) is 5.29. The quantitative estimate of drug-likeness (QED) is 0.780. The van der Waals surface area contributed by atoms with Gasteiger partial charge in [-0.3, -0.25) is 4.79 Å². The monoisotopic (exact) mass is 303 g/mol. The van der Waals surface area contributed by atoms with Crippen molar-refractivity contribution in [2.24, 2.45) is 0 Å². The van der Waals surface area contributed by atoms with Crippen LogP contribution in [-0.4, -0.2) is 29.2 Å². The lowest BCUT2D eigenvalue weighted by Crippen LogP contribution is -2.32. The Bertz CT molecular complexity index is 381. The Morgan fingerprint density at radius 2 is 2.19 bits per heavy atom. The lowest BCUT2D eigenvalue weighted by atomic mass is 10.1. The van der Waals surface area contributed by atoms with Gasteiger partial charge in [-0.2, -0.15) is 0 Å². The third-order valence-electron chi connectivity index (χ3n) is 2.38. The second-order valence-corrected chi connectivity index (χ2v) is 4.76. The van der Waals surface area contributed by atoms with Crippen LogP contribution in [0.3, 0.4) is 0 Å². The van der Waals surface area contributed by atoms with Crippen LogP contribution >= 0.6 is 27.5 Å². The van der Waals surface area contributed by atoms with Gasteiger partial charge >= 0.3 is 0 Å². The molecule has 1 amide bonds. The second kappa shape index (κ2) is 6.26. The van der Waals surface area contributed by atoms with Crippen molar-refractivity contribution in [2.75, 3.05) is 18.4 Å². The molecule has 0 saturated heterocycles. The summed E-state index contributed by atoms with van der Waals surface area (Å²) in [4.78, 5) is 13.9. The van der Waals surface area contributed by atoms with Crippen LogP contribution in [0.15, 0.2) is 18.2 Å². The lowest BCUT2D eigenvalue weighted by molar-refractivity contribution is 0.0775. The van der Waals surface area contributed by atoms with Gasteiger partial charge in [-0.05, 0) is 31.5 Å². The summed E-state index contributed by atoms with van der Waals surface area (Å²) in [5.41, 5.74) is 1.64. The van der Waals surface area contributed by atoms with E-state index in [1.807, 2.05) is 26.0 Å². The van der Waals surface area contributed by atoms with Crippen molar-refractivity contribution < 1.29 is 4.79 Å². The zero-order chi connectivity index (χ0) is 12.1. The standard InChI is InChI=1S/C12H15BrClNO/c1-3-15(7-6-13)12(16)10-5-4-9(2)8-11(10)14/h4-5,8H,3,6-7H2,1-2H3. The van der Waals surface area contributed by atoms with Gasteiger partial charge in [-0.1, -0.05) is 33.6 Å². The fraction of sp³-hybridized carbons (Fsp3) is 0.417. The number of benzene rings is 1. The molecular formula is C12H15BrClNO. The summed E-state index contributed by atoms with van der Waals surface area (Å²) in [7, 11) is 0. The maximum absolute atomic E-state index is 12.1. The predicted molar refractivity (Wildman–Crippen MR) is 71.6 cm³/mol. The van der Waals surface area contributed by atoms with Crippen LogP contribution in [0.4, 0.5) is 0 Å². The van der Waals surface area contributed by atoms with E-state index in [1.165, 1.54) is 0 Å². The van der Waals surface area contributed by atoms with E-state index in [1.54, 1.807) is 11.0 Å². The first-order valence-electron chi connectivity index (χ1n) is 5.21. The Labute approximate surface area is 110 Å². The second-order valence-electron chi connectivity index (χ2n) is 3.56. The fourth-order valence-corrected chi connectivity index (χ4v) is 2.21. The van der Waals surface area contributed by atoms with Crippen molar-refractivity contribution in [1.29, 1.82) is 0 Å². The van der Waals surface area contributed by atoms with Crippen LogP contribution in [0.1, 0.15) is 22.8 Å². The summed E-state index contributed by atoms with van der Waals surface area (Å²) < 4.78 is 0. The molecule has 0 bridgehead atoms. The van der Waals surface area contributed by atoms with Gasteiger partial charge in [-0.25, -0.2) is 0 Å². The molecule has 0 aliphatic heterocycles. The molecule has 0 radical (unpaired) electrons. The summed E-state index contributed by atoms with van der Waals surface area (Å²) in [6.07, 6.45) is 0. The predicted octanol–water partition coefficient (Wildman–Crippen LogP) is 3.51. The van der Waals surface area contributed by atoms with Crippen LogP contribution in [0.25, 0.3) is 0 Å². The number of rotatable bonds is 4. The number of carbonyl (C=O) groups excluding carboxylic acids is 1. The zero-order valence-electron chi connectivity index (χ0n) is 9.46. The molecule has 0 aromatic heterocycles. The van der Waals surface area contributed by atoms with Crippen LogP contribution < -0.4 is 0 Å². The van der Waals surface area contributed by atoms with Gasteiger partial charge in [0, 0.05) is 18.4 Å². The average molecular weight is 305 g/mol. The van der Waals surface area contributed by atoms with Crippen molar-refractivity contribution in [3.05, 3.63) is 34.3 Å². The summed E-state index contributed by atoms with van der Waals surface area (Å²) >= 11 is 9.40. The molecule has 1 aromatic rings. The molecule has 0 atom stereocenters. The summed E-state index contributed by atoms with van der Waals surface area (Å²) in [5.74, 6) is -0.00745. The topological polar surface area (TPSA) is 20.3 Å². The van der Waals surface area contributed by atoms with E-state index < -0.39 is 0 Å². The van der Waals surface area contributed by atoms with E-state index in [4.69, 9.17) is 11.6 Å². The van der Waals surface area contributed by atoms with E-state index in [2.05, 4.69) is 15.9 Å². The Hall–Kier alpha value is -0.540. The first-order chi connectivity index (χ1) is 7.60. The number of aryl methyl sites for hydroxylation is 1. The SMILES string of the molecule is CCN(CCBr)C(=O)c1ccc(C)cc1Cl. The fourth-order valence-electron chi connectivity index (χ4n) is 1.47.